The second-order valence-electron chi connectivity index (χ2n) is 4.19. The summed E-state index contributed by atoms with van der Waals surface area (Å²) in [5.74, 6) is -0.602. The van der Waals surface area contributed by atoms with Gasteiger partial charge in [0.25, 0.3) is 9.05 Å². The second kappa shape index (κ2) is 6.36. The number of benzene rings is 1. The van der Waals surface area contributed by atoms with Gasteiger partial charge in [-0.1, -0.05) is 0 Å². The van der Waals surface area contributed by atoms with E-state index >= 15 is 0 Å². The minimum absolute atomic E-state index is 0.127. The minimum atomic E-state index is -3.92. The SMILES string of the molecule is COCc1cc(C(=O)OC(C)C)cc(S(=O)(=O)Cl)c1. The molecule has 0 aliphatic carbocycles. The van der Waals surface area contributed by atoms with Crippen LogP contribution < -0.4 is 0 Å². The van der Waals surface area contributed by atoms with E-state index in [0.29, 0.717) is 5.56 Å². The summed E-state index contributed by atoms with van der Waals surface area (Å²) >= 11 is 0. The Kier molecular flexibility index (Phi) is 5.34. The lowest BCUT2D eigenvalue weighted by molar-refractivity contribution is 0.0377. The van der Waals surface area contributed by atoms with Crippen LogP contribution >= 0.6 is 10.7 Å². The number of carbonyl (C=O) groups excluding carboxylic acids is 1. The molecular weight excluding hydrogens is 292 g/mol. The van der Waals surface area contributed by atoms with Gasteiger partial charge in [-0.3, -0.25) is 0 Å². The van der Waals surface area contributed by atoms with Crippen LogP contribution in [0.15, 0.2) is 23.1 Å². The maximum atomic E-state index is 11.8. The Balaban J connectivity index is 3.24. The van der Waals surface area contributed by atoms with E-state index in [4.69, 9.17) is 20.2 Å². The van der Waals surface area contributed by atoms with Crippen molar-refractivity contribution in [3.63, 3.8) is 0 Å². The highest BCUT2D eigenvalue weighted by Crippen LogP contribution is 2.20. The number of rotatable bonds is 5. The van der Waals surface area contributed by atoms with E-state index in [1.54, 1.807) is 13.8 Å². The molecule has 0 aromatic heterocycles. The molecule has 0 radical (unpaired) electrons. The van der Waals surface area contributed by atoms with Gasteiger partial charge >= 0.3 is 5.97 Å². The molecule has 7 heteroatoms. The average molecular weight is 307 g/mol. The molecule has 0 unspecified atom stereocenters. The molecule has 0 saturated heterocycles. The van der Waals surface area contributed by atoms with Gasteiger partial charge in [0.2, 0.25) is 0 Å². The maximum absolute atomic E-state index is 11.8. The molecule has 1 aromatic rings. The van der Waals surface area contributed by atoms with Gasteiger partial charge in [0.1, 0.15) is 0 Å². The third-order valence-electron chi connectivity index (χ3n) is 2.14. The van der Waals surface area contributed by atoms with Crippen LogP contribution in [-0.4, -0.2) is 27.6 Å². The van der Waals surface area contributed by atoms with Crippen molar-refractivity contribution in [1.82, 2.24) is 0 Å². The van der Waals surface area contributed by atoms with Crippen molar-refractivity contribution in [2.45, 2.75) is 31.5 Å². The van der Waals surface area contributed by atoms with E-state index in [2.05, 4.69) is 0 Å². The standard InChI is InChI=1S/C12H15ClO5S/c1-8(2)18-12(14)10-4-9(7-17-3)5-11(6-10)19(13,15)16/h4-6,8H,7H2,1-3H3. The fourth-order valence-corrected chi connectivity index (χ4v) is 2.28. The normalized spacial score (nSPS) is 11.6. The summed E-state index contributed by atoms with van der Waals surface area (Å²) in [7, 11) is 2.84. The first-order valence-electron chi connectivity index (χ1n) is 5.52. The Morgan fingerprint density at radius 1 is 1.32 bits per heavy atom. The Hall–Kier alpha value is -1.11. The topological polar surface area (TPSA) is 69.7 Å². The van der Waals surface area contributed by atoms with Crippen LogP contribution in [0.2, 0.25) is 0 Å². The molecule has 0 saturated carbocycles. The van der Waals surface area contributed by atoms with Crippen molar-refractivity contribution in [2.24, 2.45) is 0 Å². The smallest absolute Gasteiger partial charge is 0.338 e. The first kappa shape index (κ1) is 15.9. The zero-order chi connectivity index (χ0) is 14.6. The predicted molar refractivity (Wildman–Crippen MR) is 70.7 cm³/mol. The largest absolute Gasteiger partial charge is 0.459 e. The van der Waals surface area contributed by atoms with E-state index in [9.17, 15) is 13.2 Å². The molecule has 0 heterocycles. The fraction of sp³-hybridized carbons (Fsp3) is 0.417. The van der Waals surface area contributed by atoms with Crippen LogP contribution in [0.4, 0.5) is 0 Å². The number of ether oxygens (including phenoxy) is 2. The molecule has 0 fully saturated rings. The van der Waals surface area contributed by atoms with Gasteiger partial charge in [-0.05, 0) is 37.6 Å². The van der Waals surface area contributed by atoms with E-state index in [-0.39, 0.29) is 23.2 Å². The third kappa shape index (κ3) is 4.81. The molecule has 0 N–H and O–H groups in total. The number of hydrogen-bond acceptors (Lipinski definition) is 5. The highest BCUT2D eigenvalue weighted by atomic mass is 35.7. The first-order valence-corrected chi connectivity index (χ1v) is 7.83. The van der Waals surface area contributed by atoms with Crippen molar-refractivity contribution in [2.75, 3.05) is 7.11 Å². The summed E-state index contributed by atoms with van der Waals surface area (Å²) in [5, 5.41) is 0. The highest BCUT2D eigenvalue weighted by molar-refractivity contribution is 8.13. The summed E-state index contributed by atoms with van der Waals surface area (Å²) in [6.45, 7) is 3.58. The zero-order valence-corrected chi connectivity index (χ0v) is 12.4. The molecule has 0 atom stereocenters. The first-order chi connectivity index (χ1) is 8.74. The van der Waals surface area contributed by atoms with Crippen LogP contribution in [0.5, 0.6) is 0 Å². The van der Waals surface area contributed by atoms with Gasteiger partial charge < -0.3 is 9.47 Å². The predicted octanol–water partition coefficient (Wildman–Crippen LogP) is 2.33. The Morgan fingerprint density at radius 3 is 2.42 bits per heavy atom. The number of methoxy groups -OCH3 is 1. The van der Waals surface area contributed by atoms with Crippen LogP contribution in [0.25, 0.3) is 0 Å². The van der Waals surface area contributed by atoms with E-state index < -0.39 is 15.0 Å². The van der Waals surface area contributed by atoms with Crippen molar-refractivity contribution >= 4 is 25.7 Å². The molecule has 1 rings (SSSR count). The van der Waals surface area contributed by atoms with Gasteiger partial charge in [0.15, 0.2) is 0 Å². The summed E-state index contributed by atoms with van der Waals surface area (Å²) in [6, 6.07) is 4.06. The Bertz CT molecular complexity index is 565. The molecule has 19 heavy (non-hydrogen) atoms. The third-order valence-corrected chi connectivity index (χ3v) is 3.47. The lowest BCUT2D eigenvalue weighted by Gasteiger charge is -2.10. The number of hydrogen-bond donors (Lipinski definition) is 0. The molecule has 0 spiro atoms. The second-order valence-corrected chi connectivity index (χ2v) is 6.76. The highest BCUT2D eigenvalue weighted by Gasteiger charge is 2.17. The van der Waals surface area contributed by atoms with Gasteiger partial charge in [-0.25, -0.2) is 13.2 Å². The number of esters is 1. The zero-order valence-electron chi connectivity index (χ0n) is 10.8. The molecule has 1 aromatic carbocycles. The molecule has 0 aliphatic rings. The summed E-state index contributed by atoms with van der Waals surface area (Å²) in [6.07, 6.45) is -0.297. The van der Waals surface area contributed by atoms with Gasteiger partial charge in [0.05, 0.1) is 23.2 Å². The van der Waals surface area contributed by atoms with E-state index in [0.717, 1.165) is 0 Å². The van der Waals surface area contributed by atoms with Crippen molar-refractivity contribution in [3.8, 4) is 0 Å². The molecule has 0 aliphatic heterocycles. The van der Waals surface area contributed by atoms with Crippen LogP contribution in [0.3, 0.4) is 0 Å². The van der Waals surface area contributed by atoms with Crippen LogP contribution in [-0.2, 0) is 25.1 Å². The van der Waals surface area contributed by atoms with Crippen LogP contribution in [0.1, 0.15) is 29.8 Å². The van der Waals surface area contributed by atoms with E-state index in [1.165, 1.54) is 25.3 Å². The number of carbonyl (C=O) groups is 1. The van der Waals surface area contributed by atoms with E-state index in [1.807, 2.05) is 0 Å². The minimum Gasteiger partial charge on any atom is -0.459 e. The van der Waals surface area contributed by atoms with Crippen molar-refractivity contribution < 1.29 is 22.7 Å². The van der Waals surface area contributed by atoms with Crippen molar-refractivity contribution in [3.05, 3.63) is 29.3 Å². The Labute approximate surface area is 116 Å². The lowest BCUT2D eigenvalue weighted by atomic mass is 10.1. The molecule has 0 amide bonds. The quantitative estimate of drug-likeness (QED) is 0.617. The molecule has 0 bridgehead atoms. The van der Waals surface area contributed by atoms with Gasteiger partial charge in [0, 0.05) is 17.8 Å². The molecule has 5 nitrogen and oxygen atoms in total. The van der Waals surface area contributed by atoms with Crippen molar-refractivity contribution in [1.29, 1.82) is 0 Å². The van der Waals surface area contributed by atoms with Crippen LogP contribution in [0, 0.1) is 0 Å². The monoisotopic (exact) mass is 306 g/mol. The summed E-state index contributed by atoms with van der Waals surface area (Å²) < 4.78 is 32.7. The fourth-order valence-electron chi connectivity index (χ4n) is 1.45. The van der Waals surface area contributed by atoms with Gasteiger partial charge in [-0.2, -0.15) is 0 Å². The lowest BCUT2D eigenvalue weighted by Crippen LogP contribution is -2.12. The number of halogens is 1. The summed E-state index contributed by atoms with van der Waals surface area (Å²) in [5.41, 5.74) is 0.655. The maximum Gasteiger partial charge on any atom is 0.338 e. The van der Waals surface area contributed by atoms with Gasteiger partial charge in [-0.15, -0.1) is 0 Å². The molecule has 106 valence electrons. The summed E-state index contributed by atoms with van der Waals surface area (Å²) in [4.78, 5) is 11.6. The molecular formula is C12H15ClO5S. The Morgan fingerprint density at radius 2 is 1.95 bits per heavy atom. The average Bonchev–Trinajstić information content (AvgIpc) is 2.27.